The second-order valence-corrected chi connectivity index (χ2v) is 21.7. The van der Waals surface area contributed by atoms with Crippen LogP contribution in [0.15, 0.2) is 53.3 Å². The summed E-state index contributed by atoms with van der Waals surface area (Å²) in [6.07, 6.45) is 6.65. The Hall–Kier alpha value is -5.09. The van der Waals surface area contributed by atoms with Crippen molar-refractivity contribution in [3.63, 3.8) is 0 Å². The van der Waals surface area contributed by atoms with E-state index in [4.69, 9.17) is 9.72 Å². The first kappa shape index (κ1) is 47.4. The number of carbonyl (C=O) groups excluding carboxylic acids is 2. The highest BCUT2D eigenvalue weighted by atomic mass is 79.9. The number of imide groups is 1. The van der Waals surface area contributed by atoms with Crippen LogP contribution >= 0.6 is 23.1 Å². The van der Waals surface area contributed by atoms with E-state index in [1.54, 1.807) is 31.8 Å². The Morgan fingerprint density at radius 3 is 2.27 bits per heavy atom. The number of aromatic nitrogens is 3. The number of benzene rings is 3. The van der Waals surface area contributed by atoms with Gasteiger partial charge in [-0.05, 0) is 116 Å². The Bertz CT molecular complexity index is 2680. The molecule has 1 atom stereocenters. The molecule has 0 unspecified atom stereocenters. The number of amides is 2. The van der Waals surface area contributed by atoms with E-state index in [0.29, 0.717) is 69.3 Å². The highest BCUT2D eigenvalue weighted by Crippen LogP contribution is 2.43. The molecule has 3 aliphatic heterocycles. The molecule has 3 aromatic carbocycles. The van der Waals surface area contributed by atoms with Gasteiger partial charge in [-0.25, -0.2) is 18.2 Å². The predicted molar refractivity (Wildman–Crippen MR) is 257 cm³/mol. The number of aryl methyl sites for hydroxylation is 2. The van der Waals surface area contributed by atoms with E-state index >= 15 is 13.2 Å². The highest BCUT2D eigenvalue weighted by Gasteiger charge is 2.33. The van der Waals surface area contributed by atoms with Gasteiger partial charge in [0.05, 0.1) is 28.4 Å². The van der Waals surface area contributed by atoms with Crippen LogP contribution in [0, 0.1) is 24.4 Å². The van der Waals surface area contributed by atoms with Gasteiger partial charge in [0, 0.05) is 105 Å². The number of hydrogen-bond donors (Lipinski definition) is 3. The molecule has 3 fully saturated rings. The third kappa shape index (κ3) is 10.4. The van der Waals surface area contributed by atoms with Crippen LogP contribution < -0.4 is 30.9 Å². The van der Waals surface area contributed by atoms with E-state index in [-0.39, 0.29) is 29.9 Å². The summed E-state index contributed by atoms with van der Waals surface area (Å²) < 4.78 is 66.1. The number of piperazine rings is 1. The van der Waals surface area contributed by atoms with Gasteiger partial charge in [0.15, 0.2) is 5.82 Å². The lowest BCUT2D eigenvalue weighted by Crippen LogP contribution is -2.53. The largest absolute Gasteiger partial charge is 0.492 e. The van der Waals surface area contributed by atoms with Gasteiger partial charge < -0.3 is 29.7 Å². The van der Waals surface area contributed by atoms with E-state index in [9.17, 15) is 14.2 Å². The van der Waals surface area contributed by atoms with Crippen LogP contribution in [0.1, 0.15) is 67.7 Å². The molecule has 0 bridgehead atoms. The van der Waals surface area contributed by atoms with E-state index < -0.39 is 42.3 Å². The minimum absolute atomic E-state index is 0.0577. The number of hydrogen-bond acceptors (Lipinski definition) is 12. The Balaban J connectivity index is 0.893. The van der Waals surface area contributed by atoms with Gasteiger partial charge in [-0.15, -0.1) is 0 Å². The first-order chi connectivity index (χ1) is 31.6. The van der Waals surface area contributed by atoms with Crippen LogP contribution in [0.3, 0.4) is 0 Å². The zero-order chi connectivity index (χ0) is 46.9. The fraction of sp³-hybridized carbons (Fsp3) is 0.438. The first-order valence-corrected chi connectivity index (χ1v) is 26.0. The van der Waals surface area contributed by atoms with Gasteiger partial charge in [0.2, 0.25) is 17.8 Å². The summed E-state index contributed by atoms with van der Waals surface area (Å²) >= 11 is 3.55. The molecule has 8 rings (SSSR count). The van der Waals surface area contributed by atoms with Crippen LogP contribution in [0.2, 0.25) is 0 Å². The first-order valence-electron chi connectivity index (χ1n) is 22.6. The smallest absolute Gasteiger partial charge is 0.234 e. The Morgan fingerprint density at radius 2 is 1.61 bits per heavy atom. The fourth-order valence-electron chi connectivity index (χ4n) is 9.55. The molecule has 2 aromatic heterocycles. The molecule has 13 nitrogen and oxygen atoms in total. The van der Waals surface area contributed by atoms with Crippen molar-refractivity contribution < 1.29 is 32.1 Å². The molecule has 2 amide bonds. The maximum atomic E-state index is 15.4. The minimum Gasteiger partial charge on any atom is -0.492 e. The molecule has 18 heteroatoms. The van der Waals surface area contributed by atoms with E-state index in [2.05, 4.69) is 75.6 Å². The second-order valence-electron chi connectivity index (χ2n) is 17.7. The lowest BCUT2D eigenvalue weighted by atomic mass is 9.89. The number of carbonyl (C=O) groups is 2. The average Bonchev–Trinajstić information content (AvgIpc) is 3.27. The number of anilines is 5. The number of halogens is 4. The summed E-state index contributed by atoms with van der Waals surface area (Å²) in [7, 11) is -2.93. The standard InChI is InChI=1S/C48H56BrF3N9O4P/c1-6-30-23-38(56-48-54-27-34(49)46(58-48)55-39-24-37(52)44-33(20-28(3)26-53-44)45(39)66(4,5)64)41(65-7-2)25-40(30)61-14-11-31(12-15-61)60-18-16-59(17-19-60)13-10-29-21-35(50)43(36(51)22-29)32-8-9-42(62)57-47(32)63/h20-27,31-32H,6-19H2,1-5H3,(H,57,62,63)(H2,54,55,56,58)/t32-/m1/s1. The summed E-state index contributed by atoms with van der Waals surface area (Å²) in [6, 6.07) is 10.4. The molecule has 5 aromatic rings. The van der Waals surface area contributed by atoms with Gasteiger partial charge in [-0.3, -0.25) is 24.8 Å². The van der Waals surface area contributed by atoms with Gasteiger partial charge in [0.1, 0.15) is 35.9 Å². The normalized spacial score (nSPS) is 17.9. The second kappa shape index (κ2) is 20.0. The summed E-state index contributed by atoms with van der Waals surface area (Å²) in [6.45, 7) is 15.7. The van der Waals surface area contributed by atoms with Crippen molar-refractivity contribution in [2.75, 3.05) is 81.3 Å². The van der Waals surface area contributed by atoms with Crippen molar-refractivity contribution in [3.05, 3.63) is 93.0 Å². The Labute approximate surface area is 391 Å². The SMILES string of the molecule is CCOc1cc(N2CCC(N3CCN(CCc4cc(F)c([C@H]5CCC(=O)NC5=O)c(F)c4)CC3)CC2)c(CC)cc1Nc1ncc(Br)c(Nc2cc(F)c3ncc(C)cc3c2P(C)(C)=O)n1. The number of nitrogens with one attached hydrogen (secondary N) is 3. The molecule has 3 saturated heterocycles. The Morgan fingerprint density at radius 1 is 0.879 bits per heavy atom. The zero-order valence-electron chi connectivity index (χ0n) is 37.9. The van der Waals surface area contributed by atoms with Gasteiger partial charge in [-0.2, -0.15) is 4.98 Å². The molecule has 3 N–H and O–H groups in total. The summed E-state index contributed by atoms with van der Waals surface area (Å²) in [5.41, 5.74) is 4.61. The average molecular weight is 991 g/mol. The Kier molecular flexibility index (Phi) is 14.4. The van der Waals surface area contributed by atoms with Gasteiger partial charge >= 0.3 is 0 Å². The van der Waals surface area contributed by atoms with Crippen LogP contribution in [-0.4, -0.2) is 108 Å². The van der Waals surface area contributed by atoms with Crippen molar-refractivity contribution >= 4 is 79.9 Å². The quantitative estimate of drug-likeness (QED) is 0.0725. The lowest BCUT2D eigenvalue weighted by Gasteiger charge is -2.43. The number of nitrogens with zero attached hydrogens (tertiary/aromatic N) is 6. The molecule has 0 aliphatic carbocycles. The topological polar surface area (TPSA) is 145 Å². The van der Waals surface area contributed by atoms with Crippen molar-refractivity contribution in [1.29, 1.82) is 0 Å². The number of pyridine rings is 1. The summed E-state index contributed by atoms with van der Waals surface area (Å²) in [5, 5.41) is 9.78. The lowest BCUT2D eigenvalue weighted by molar-refractivity contribution is -0.134. The molecule has 350 valence electrons. The molecule has 0 spiro atoms. The molecule has 5 heterocycles. The maximum Gasteiger partial charge on any atom is 0.234 e. The van der Waals surface area contributed by atoms with Gasteiger partial charge in [0.25, 0.3) is 0 Å². The maximum absolute atomic E-state index is 15.4. The van der Waals surface area contributed by atoms with Crippen molar-refractivity contribution in [3.8, 4) is 5.75 Å². The molecule has 66 heavy (non-hydrogen) atoms. The molecular formula is C48H56BrF3N9O4P. The van der Waals surface area contributed by atoms with Crippen molar-refractivity contribution in [1.82, 2.24) is 30.1 Å². The molecular weight excluding hydrogens is 934 g/mol. The van der Waals surface area contributed by atoms with Crippen LogP contribution in [0.25, 0.3) is 10.9 Å². The summed E-state index contributed by atoms with van der Waals surface area (Å²) in [5.74, 6) is -2.78. The zero-order valence-corrected chi connectivity index (χ0v) is 40.4. The number of ether oxygens (including phenoxy) is 1. The number of fused-ring (bicyclic) bond motifs is 1. The molecule has 3 aliphatic rings. The number of piperidine rings is 2. The monoisotopic (exact) mass is 989 g/mol. The highest BCUT2D eigenvalue weighted by molar-refractivity contribution is 9.10. The minimum atomic E-state index is -2.93. The van der Waals surface area contributed by atoms with Crippen LogP contribution in [-0.2, 0) is 27.0 Å². The van der Waals surface area contributed by atoms with Crippen molar-refractivity contribution in [2.45, 2.75) is 71.3 Å². The predicted octanol–water partition coefficient (Wildman–Crippen LogP) is 8.56. The third-order valence-electron chi connectivity index (χ3n) is 12.8. The third-order valence-corrected chi connectivity index (χ3v) is 15.0. The van der Waals surface area contributed by atoms with Gasteiger partial charge in [-0.1, -0.05) is 6.92 Å². The van der Waals surface area contributed by atoms with Crippen LogP contribution in [0.5, 0.6) is 5.75 Å². The molecule has 0 radical (unpaired) electrons. The molecule has 0 saturated carbocycles. The number of rotatable bonds is 14. The van der Waals surface area contributed by atoms with Crippen LogP contribution in [0.4, 0.5) is 42.0 Å². The van der Waals surface area contributed by atoms with E-state index in [0.717, 1.165) is 75.3 Å². The van der Waals surface area contributed by atoms with E-state index in [1.807, 2.05) is 13.8 Å². The fourth-order valence-corrected chi connectivity index (χ4v) is 11.3. The van der Waals surface area contributed by atoms with Crippen molar-refractivity contribution in [2.24, 2.45) is 0 Å². The summed E-state index contributed by atoms with van der Waals surface area (Å²) in [4.78, 5) is 44.8. The van der Waals surface area contributed by atoms with E-state index in [1.165, 1.54) is 18.2 Å².